The number of nitrogens with zero attached hydrogens (tertiary/aromatic N) is 2. The van der Waals surface area contributed by atoms with Gasteiger partial charge in [-0.05, 0) is 95.8 Å². The molecule has 0 unspecified atom stereocenters. The summed E-state index contributed by atoms with van der Waals surface area (Å²) in [6.07, 6.45) is 2.10. The average Bonchev–Trinajstić information content (AvgIpc) is 3.42. The molecule has 2 amide bonds. The van der Waals surface area contributed by atoms with Gasteiger partial charge >= 0.3 is 6.03 Å². The molecule has 1 heterocycles. The van der Waals surface area contributed by atoms with Gasteiger partial charge in [-0.2, -0.15) is 0 Å². The largest absolute Gasteiger partial charge is 0.493 e. The first kappa shape index (κ1) is 28.2. The number of rotatable bonds is 7. The van der Waals surface area contributed by atoms with Crippen LogP contribution in [0.1, 0.15) is 22.3 Å². The smallest absolute Gasteiger partial charge is 0.328 e. The van der Waals surface area contributed by atoms with E-state index in [1.54, 1.807) is 31.1 Å². The minimum absolute atomic E-state index is 0.214. The van der Waals surface area contributed by atoms with Crippen molar-refractivity contribution in [1.82, 2.24) is 0 Å². The third kappa shape index (κ3) is 6.07. The minimum atomic E-state index is -3.31. The molecule has 212 valence electrons. The Morgan fingerprint density at radius 1 is 0.878 bits per heavy atom. The van der Waals surface area contributed by atoms with E-state index in [0.717, 1.165) is 64.3 Å². The lowest BCUT2D eigenvalue weighted by molar-refractivity contribution is 0.253. The second-order valence-corrected chi connectivity index (χ2v) is 12.5. The van der Waals surface area contributed by atoms with Gasteiger partial charge in [0.2, 0.25) is 0 Å². The van der Waals surface area contributed by atoms with E-state index >= 15 is 0 Å². The minimum Gasteiger partial charge on any atom is -0.493 e. The number of fused-ring (bicyclic) bond motifs is 1. The Kier molecular flexibility index (Phi) is 7.78. The molecule has 0 fully saturated rings. The summed E-state index contributed by atoms with van der Waals surface area (Å²) in [7, 11) is 0.100. The van der Waals surface area contributed by atoms with E-state index in [-0.39, 0.29) is 10.9 Å². The van der Waals surface area contributed by atoms with Gasteiger partial charge in [-0.25, -0.2) is 13.2 Å². The summed E-state index contributed by atoms with van der Waals surface area (Å²) in [6, 6.07) is 24.4. The topological polar surface area (TPSA) is 76.2 Å². The zero-order chi connectivity index (χ0) is 29.3. The van der Waals surface area contributed by atoms with Gasteiger partial charge < -0.3 is 9.47 Å². The van der Waals surface area contributed by atoms with E-state index in [1.807, 2.05) is 44.2 Å². The molecule has 4 aromatic rings. The highest BCUT2D eigenvalue weighted by Gasteiger charge is 2.20. The molecule has 1 aliphatic heterocycles. The van der Waals surface area contributed by atoms with Gasteiger partial charge in [0.1, 0.15) is 18.1 Å². The van der Waals surface area contributed by atoms with Gasteiger partial charge in [0.05, 0.1) is 11.5 Å². The number of sulfone groups is 1. The number of aryl methyl sites for hydroxylation is 2. The normalized spacial score (nSPS) is 12.4. The Morgan fingerprint density at radius 2 is 1.56 bits per heavy atom. The quantitative estimate of drug-likeness (QED) is 0.251. The van der Waals surface area contributed by atoms with Crippen LogP contribution in [0, 0.1) is 13.8 Å². The molecule has 0 saturated heterocycles. The van der Waals surface area contributed by atoms with Gasteiger partial charge in [0.25, 0.3) is 0 Å². The van der Waals surface area contributed by atoms with Crippen molar-refractivity contribution in [2.45, 2.75) is 31.8 Å². The number of carbonyl (C=O) groups is 1. The van der Waals surface area contributed by atoms with Gasteiger partial charge in [-0.3, -0.25) is 9.80 Å². The molecule has 5 rings (SSSR count). The van der Waals surface area contributed by atoms with E-state index in [2.05, 4.69) is 24.3 Å². The lowest BCUT2D eigenvalue weighted by Crippen LogP contribution is -2.39. The van der Waals surface area contributed by atoms with Crippen LogP contribution in [-0.4, -0.2) is 41.4 Å². The van der Waals surface area contributed by atoms with Crippen LogP contribution in [0.25, 0.3) is 11.1 Å². The van der Waals surface area contributed by atoms with Crippen LogP contribution in [0.15, 0.2) is 83.8 Å². The number of hydrogen-bond acceptors (Lipinski definition) is 5. The molecule has 1 aliphatic rings. The number of anilines is 2. The molecule has 0 aromatic heterocycles. The average molecular weight is 571 g/mol. The molecule has 0 atom stereocenters. The molecular formula is C33H34N2O5S. The summed E-state index contributed by atoms with van der Waals surface area (Å²) in [4.78, 5) is 16.6. The molecule has 0 spiro atoms. The summed E-state index contributed by atoms with van der Waals surface area (Å²) in [5.41, 5.74) is 7.95. The fraction of sp³-hybridized carbons (Fsp3) is 0.242. The molecular weight excluding hydrogens is 536 g/mol. The number of hydrogen-bond donors (Lipinski definition) is 0. The van der Waals surface area contributed by atoms with Gasteiger partial charge in [0, 0.05) is 44.2 Å². The van der Waals surface area contributed by atoms with Gasteiger partial charge in [-0.1, -0.05) is 24.3 Å². The van der Waals surface area contributed by atoms with E-state index in [1.165, 1.54) is 22.6 Å². The Balaban J connectivity index is 1.31. The van der Waals surface area contributed by atoms with Crippen LogP contribution in [0.4, 0.5) is 16.2 Å². The highest BCUT2D eigenvalue weighted by atomic mass is 32.2. The number of carbonyl (C=O) groups excluding carboxylic acids is 1. The fourth-order valence-corrected chi connectivity index (χ4v) is 5.80. The lowest BCUT2D eigenvalue weighted by atomic mass is 9.94. The van der Waals surface area contributed by atoms with Crippen molar-refractivity contribution in [3.63, 3.8) is 0 Å². The lowest BCUT2D eigenvalue weighted by Gasteiger charge is -2.26. The summed E-state index contributed by atoms with van der Waals surface area (Å²) in [6.45, 7) is 5.26. The molecule has 0 N–H and O–H groups in total. The number of amides is 2. The Bertz CT molecular complexity index is 1690. The van der Waals surface area contributed by atoms with Crippen molar-refractivity contribution >= 4 is 27.2 Å². The van der Waals surface area contributed by atoms with Crippen LogP contribution in [-0.2, 0) is 22.9 Å². The van der Waals surface area contributed by atoms with Crippen molar-refractivity contribution in [3.05, 3.63) is 101 Å². The molecule has 41 heavy (non-hydrogen) atoms. The number of urea groups is 1. The first-order valence-electron chi connectivity index (χ1n) is 13.4. The fourth-order valence-electron chi connectivity index (χ4n) is 5.17. The molecule has 7 nitrogen and oxygen atoms in total. The second kappa shape index (κ2) is 11.3. The third-order valence-electron chi connectivity index (χ3n) is 7.42. The zero-order valence-corrected chi connectivity index (χ0v) is 24.8. The summed E-state index contributed by atoms with van der Waals surface area (Å²) < 4.78 is 35.3. The maximum absolute atomic E-state index is 13.3. The monoisotopic (exact) mass is 570 g/mol. The van der Waals surface area contributed by atoms with Crippen LogP contribution in [0.3, 0.4) is 0 Å². The maximum Gasteiger partial charge on any atom is 0.328 e. The molecule has 4 aromatic carbocycles. The van der Waals surface area contributed by atoms with Crippen LogP contribution >= 0.6 is 0 Å². The summed E-state index contributed by atoms with van der Waals surface area (Å²) in [5, 5.41) is 0. The maximum atomic E-state index is 13.3. The molecule has 0 saturated carbocycles. The second-order valence-electron chi connectivity index (χ2n) is 10.5. The van der Waals surface area contributed by atoms with Crippen molar-refractivity contribution in [2.75, 3.05) is 36.8 Å². The predicted molar refractivity (Wildman–Crippen MR) is 163 cm³/mol. The van der Waals surface area contributed by atoms with Crippen molar-refractivity contribution < 1.29 is 22.7 Å². The SMILES string of the molecule is Cc1cc(N(C)C(=O)N(C)c2ccc(S(C)(=O)=O)cc2)cc(C)c1-c1cccc(COc2ccc3c(c2)OCC3)c1. The summed E-state index contributed by atoms with van der Waals surface area (Å²) >= 11 is 0. The van der Waals surface area contributed by atoms with Gasteiger partial charge in [0.15, 0.2) is 9.84 Å². The van der Waals surface area contributed by atoms with Crippen molar-refractivity contribution in [3.8, 4) is 22.6 Å². The van der Waals surface area contributed by atoms with Crippen molar-refractivity contribution in [1.29, 1.82) is 0 Å². The summed E-state index contributed by atoms with van der Waals surface area (Å²) in [5.74, 6) is 1.69. The Morgan fingerprint density at radius 3 is 2.24 bits per heavy atom. The predicted octanol–water partition coefficient (Wildman–Crippen LogP) is 6.58. The highest BCUT2D eigenvalue weighted by Crippen LogP contribution is 2.33. The Hall–Kier alpha value is -4.30. The van der Waals surface area contributed by atoms with Crippen LogP contribution in [0.2, 0.25) is 0 Å². The van der Waals surface area contributed by atoms with Gasteiger partial charge in [-0.15, -0.1) is 0 Å². The molecule has 0 bridgehead atoms. The highest BCUT2D eigenvalue weighted by molar-refractivity contribution is 7.90. The van der Waals surface area contributed by atoms with E-state index < -0.39 is 9.84 Å². The van der Waals surface area contributed by atoms with Crippen molar-refractivity contribution in [2.24, 2.45) is 0 Å². The third-order valence-corrected chi connectivity index (χ3v) is 8.55. The number of ether oxygens (including phenoxy) is 2. The van der Waals surface area contributed by atoms with Crippen LogP contribution in [0.5, 0.6) is 11.5 Å². The Labute approximate surface area is 241 Å². The van der Waals surface area contributed by atoms with E-state index in [4.69, 9.17) is 9.47 Å². The molecule has 8 heteroatoms. The first-order chi connectivity index (χ1) is 19.5. The van der Waals surface area contributed by atoms with E-state index in [9.17, 15) is 13.2 Å². The van der Waals surface area contributed by atoms with E-state index in [0.29, 0.717) is 12.3 Å². The zero-order valence-electron chi connectivity index (χ0n) is 24.0. The first-order valence-corrected chi connectivity index (χ1v) is 15.3. The number of benzene rings is 4. The molecule has 0 aliphatic carbocycles. The van der Waals surface area contributed by atoms with Crippen LogP contribution < -0.4 is 19.3 Å². The standard InChI is InChI=1S/C33H34N2O5S/c1-22-17-28(35(4)33(36)34(3)27-10-13-30(14-11-27)41(5,37)38)18-23(2)32(22)26-8-6-7-24(19-26)21-40-29-12-9-25-15-16-39-31(25)20-29/h6-14,17-20H,15-16,21H2,1-5H3. The molecule has 0 radical (unpaired) electrons.